The second-order valence-corrected chi connectivity index (χ2v) is 6.18. The molecule has 0 spiro atoms. The molecule has 0 unspecified atom stereocenters. The SMILES string of the molecule is Cc1ccc(CNC(=O)Cc2csc(-c3cccnc3)n2)cc1. The molecule has 0 saturated heterocycles. The summed E-state index contributed by atoms with van der Waals surface area (Å²) in [7, 11) is 0. The molecule has 0 aliphatic carbocycles. The number of benzene rings is 1. The third-order valence-electron chi connectivity index (χ3n) is 3.41. The number of nitrogens with zero attached hydrogens (tertiary/aromatic N) is 2. The van der Waals surface area contributed by atoms with Crippen molar-refractivity contribution in [3.05, 3.63) is 71.0 Å². The molecule has 116 valence electrons. The molecule has 0 atom stereocenters. The van der Waals surface area contributed by atoms with Crippen LogP contribution in [0.3, 0.4) is 0 Å². The van der Waals surface area contributed by atoms with Gasteiger partial charge in [0, 0.05) is 29.9 Å². The normalized spacial score (nSPS) is 10.5. The molecule has 1 N–H and O–H groups in total. The number of aryl methyl sites for hydroxylation is 1. The lowest BCUT2D eigenvalue weighted by Crippen LogP contribution is -2.24. The highest BCUT2D eigenvalue weighted by Crippen LogP contribution is 2.22. The van der Waals surface area contributed by atoms with E-state index in [1.165, 1.54) is 16.9 Å². The largest absolute Gasteiger partial charge is 0.352 e. The van der Waals surface area contributed by atoms with Crippen molar-refractivity contribution in [2.24, 2.45) is 0 Å². The van der Waals surface area contributed by atoms with E-state index < -0.39 is 0 Å². The van der Waals surface area contributed by atoms with Crippen molar-refractivity contribution in [2.45, 2.75) is 19.9 Å². The van der Waals surface area contributed by atoms with Crippen molar-refractivity contribution < 1.29 is 4.79 Å². The molecule has 2 aromatic heterocycles. The Morgan fingerprint density at radius 3 is 2.78 bits per heavy atom. The Balaban J connectivity index is 1.56. The first-order valence-corrected chi connectivity index (χ1v) is 8.26. The average molecular weight is 323 g/mol. The van der Waals surface area contributed by atoms with Crippen LogP contribution in [0.15, 0.2) is 54.2 Å². The van der Waals surface area contributed by atoms with Crippen LogP contribution in [0.25, 0.3) is 10.6 Å². The Kier molecular flexibility index (Phi) is 4.78. The highest BCUT2D eigenvalue weighted by molar-refractivity contribution is 7.13. The second kappa shape index (κ2) is 7.15. The van der Waals surface area contributed by atoms with Gasteiger partial charge in [-0.1, -0.05) is 29.8 Å². The summed E-state index contributed by atoms with van der Waals surface area (Å²) in [5, 5.41) is 5.74. The van der Waals surface area contributed by atoms with Crippen molar-refractivity contribution in [3.63, 3.8) is 0 Å². The van der Waals surface area contributed by atoms with Crippen molar-refractivity contribution in [1.29, 1.82) is 0 Å². The van der Waals surface area contributed by atoms with Crippen molar-refractivity contribution in [1.82, 2.24) is 15.3 Å². The van der Waals surface area contributed by atoms with E-state index in [1.54, 1.807) is 12.4 Å². The minimum Gasteiger partial charge on any atom is -0.352 e. The maximum Gasteiger partial charge on any atom is 0.226 e. The highest BCUT2D eigenvalue weighted by atomic mass is 32.1. The summed E-state index contributed by atoms with van der Waals surface area (Å²) < 4.78 is 0. The van der Waals surface area contributed by atoms with Crippen LogP contribution >= 0.6 is 11.3 Å². The lowest BCUT2D eigenvalue weighted by molar-refractivity contribution is -0.120. The zero-order valence-electron chi connectivity index (χ0n) is 12.8. The molecule has 23 heavy (non-hydrogen) atoms. The summed E-state index contributed by atoms with van der Waals surface area (Å²) in [6.45, 7) is 2.59. The van der Waals surface area contributed by atoms with Gasteiger partial charge in [-0.15, -0.1) is 11.3 Å². The minimum absolute atomic E-state index is 0.0198. The third kappa shape index (κ3) is 4.23. The number of carbonyl (C=O) groups excluding carboxylic acids is 1. The van der Waals surface area contributed by atoms with Crippen LogP contribution in [0, 0.1) is 6.92 Å². The number of rotatable bonds is 5. The van der Waals surface area contributed by atoms with E-state index >= 15 is 0 Å². The molecule has 0 bridgehead atoms. The van der Waals surface area contributed by atoms with Gasteiger partial charge in [0.05, 0.1) is 12.1 Å². The van der Waals surface area contributed by atoms with Crippen LogP contribution in [0.2, 0.25) is 0 Å². The van der Waals surface area contributed by atoms with E-state index in [4.69, 9.17) is 0 Å². The summed E-state index contributed by atoms with van der Waals surface area (Å²) in [6, 6.07) is 12.0. The van der Waals surface area contributed by atoms with Crippen molar-refractivity contribution in [2.75, 3.05) is 0 Å². The van der Waals surface area contributed by atoms with Gasteiger partial charge in [0.15, 0.2) is 0 Å². The Hall–Kier alpha value is -2.53. The van der Waals surface area contributed by atoms with Gasteiger partial charge in [-0.05, 0) is 24.6 Å². The van der Waals surface area contributed by atoms with Gasteiger partial charge in [0.1, 0.15) is 5.01 Å². The first kappa shape index (κ1) is 15.4. The van der Waals surface area contributed by atoms with Crippen LogP contribution in [-0.2, 0) is 17.8 Å². The maximum absolute atomic E-state index is 12.0. The van der Waals surface area contributed by atoms with Crippen molar-refractivity contribution in [3.8, 4) is 10.6 Å². The molecule has 5 heteroatoms. The molecule has 1 aromatic carbocycles. The van der Waals surface area contributed by atoms with E-state index in [0.29, 0.717) is 13.0 Å². The molecule has 2 heterocycles. The zero-order valence-corrected chi connectivity index (χ0v) is 13.6. The summed E-state index contributed by atoms with van der Waals surface area (Å²) >= 11 is 1.53. The standard InChI is InChI=1S/C18H17N3OS/c1-13-4-6-14(7-5-13)10-20-17(22)9-16-12-23-18(21-16)15-3-2-8-19-11-15/h2-8,11-12H,9-10H2,1H3,(H,20,22). The highest BCUT2D eigenvalue weighted by Gasteiger charge is 2.09. The molecule has 3 aromatic rings. The van der Waals surface area contributed by atoms with Crippen LogP contribution < -0.4 is 5.32 Å². The lowest BCUT2D eigenvalue weighted by atomic mass is 10.1. The molecular formula is C18H17N3OS. The Bertz CT molecular complexity index is 782. The molecule has 1 amide bonds. The number of hydrogen-bond acceptors (Lipinski definition) is 4. The van der Waals surface area contributed by atoms with Crippen molar-refractivity contribution >= 4 is 17.2 Å². The first-order valence-electron chi connectivity index (χ1n) is 7.38. The maximum atomic E-state index is 12.0. The Morgan fingerprint density at radius 1 is 1.22 bits per heavy atom. The van der Waals surface area contributed by atoms with Crippen LogP contribution in [0.5, 0.6) is 0 Å². The number of aromatic nitrogens is 2. The predicted molar refractivity (Wildman–Crippen MR) is 92.1 cm³/mol. The quantitative estimate of drug-likeness (QED) is 0.783. The van der Waals surface area contributed by atoms with E-state index in [-0.39, 0.29) is 5.91 Å². The average Bonchev–Trinajstić information content (AvgIpc) is 3.04. The molecule has 0 fully saturated rings. The fourth-order valence-electron chi connectivity index (χ4n) is 2.14. The van der Waals surface area contributed by atoms with Gasteiger partial charge >= 0.3 is 0 Å². The predicted octanol–water partition coefficient (Wildman–Crippen LogP) is 3.37. The number of hydrogen-bond donors (Lipinski definition) is 1. The molecule has 0 saturated carbocycles. The molecule has 0 aliphatic heterocycles. The number of amides is 1. The van der Waals surface area contributed by atoms with E-state index in [1.807, 2.05) is 48.7 Å². The first-order chi connectivity index (χ1) is 11.2. The van der Waals surface area contributed by atoms with Crippen LogP contribution in [0.1, 0.15) is 16.8 Å². The molecule has 4 nitrogen and oxygen atoms in total. The lowest BCUT2D eigenvalue weighted by Gasteiger charge is -2.04. The molecule has 3 rings (SSSR count). The van der Waals surface area contributed by atoms with Crippen LogP contribution in [0.4, 0.5) is 0 Å². The van der Waals surface area contributed by atoms with Gasteiger partial charge in [-0.25, -0.2) is 4.98 Å². The second-order valence-electron chi connectivity index (χ2n) is 5.32. The summed E-state index contributed by atoms with van der Waals surface area (Å²) in [5.74, 6) is -0.0198. The van der Waals surface area contributed by atoms with Crippen LogP contribution in [-0.4, -0.2) is 15.9 Å². The number of carbonyl (C=O) groups is 1. The van der Waals surface area contributed by atoms with Gasteiger partial charge in [0.2, 0.25) is 5.91 Å². The third-order valence-corrected chi connectivity index (χ3v) is 4.35. The Labute approximate surface area is 139 Å². The molecule has 0 radical (unpaired) electrons. The van der Waals surface area contributed by atoms with E-state index in [2.05, 4.69) is 15.3 Å². The Morgan fingerprint density at radius 2 is 2.04 bits per heavy atom. The fourth-order valence-corrected chi connectivity index (χ4v) is 2.95. The van der Waals surface area contributed by atoms with E-state index in [0.717, 1.165) is 21.8 Å². The fraction of sp³-hybridized carbons (Fsp3) is 0.167. The monoisotopic (exact) mass is 323 g/mol. The van der Waals surface area contributed by atoms with Gasteiger partial charge in [-0.2, -0.15) is 0 Å². The zero-order chi connectivity index (χ0) is 16.1. The summed E-state index contributed by atoms with van der Waals surface area (Å²) in [6.07, 6.45) is 3.80. The number of thiazole rings is 1. The topological polar surface area (TPSA) is 54.9 Å². The van der Waals surface area contributed by atoms with Gasteiger partial charge < -0.3 is 5.32 Å². The summed E-state index contributed by atoms with van der Waals surface area (Å²) in [5.41, 5.74) is 4.07. The molecular weight excluding hydrogens is 306 g/mol. The number of nitrogens with one attached hydrogen (secondary N) is 1. The van der Waals surface area contributed by atoms with E-state index in [9.17, 15) is 4.79 Å². The summed E-state index contributed by atoms with van der Waals surface area (Å²) in [4.78, 5) is 20.6. The number of pyridine rings is 1. The molecule has 0 aliphatic rings. The smallest absolute Gasteiger partial charge is 0.226 e. The minimum atomic E-state index is -0.0198. The van der Waals surface area contributed by atoms with Gasteiger partial charge in [-0.3, -0.25) is 9.78 Å². The van der Waals surface area contributed by atoms with Gasteiger partial charge in [0.25, 0.3) is 0 Å².